The van der Waals surface area contributed by atoms with Crippen LogP contribution in [0.25, 0.3) is 5.57 Å². The zero-order valence-corrected chi connectivity index (χ0v) is 13.6. The second-order valence-electron chi connectivity index (χ2n) is 6.52. The minimum atomic E-state index is 1.15. The Morgan fingerprint density at radius 3 is 2.81 bits per heavy atom. The number of aryl methyl sites for hydroxylation is 1. The largest absolute Gasteiger partial charge is 0.306 e. The topological polar surface area (TPSA) is 3.24 Å². The molecule has 4 rings (SSSR count). The number of nitrogens with zero attached hydrogens (tertiary/aromatic N) is 1. The summed E-state index contributed by atoms with van der Waals surface area (Å²) in [7, 11) is 2.25. The van der Waals surface area contributed by atoms with E-state index in [1.807, 2.05) is 11.3 Å². The smallest absolute Gasteiger partial charge is 0.0380 e. The molecule has 2 heterocycles. The lowest BCUT2D eigenvalue weighted by Crippen LogP contribution is -2.27. The molecule has 0 saturated carbocycles. The van der Waals surface area contributed by atoms with E-state index in [0.717, 1.165) is 6.42 Å². The van der Waals surface area contributed by atoms with Gasteiger partial charge in [0.1, 0.15) is 0 Å². The summed E-state index contributed by atoms with van der Waals surface area (Å²) in [6.45, 7) is 2.45. The summed E-state index contributed by atoms with van der Waals surface area (Å²) < 4.78 is 0. The fourth-order valence-corrected chi connectivity index (χ4v) is 4.98. The molecule has 1 aromatic heterocycles. The van der Waals surface area contributed by atoms with Gasteiger partial charge in [-0.3, -0.25) is 0 Å². The molecule has 0 aromatic carbocycles. The van der Waals surface area contributed by atoms with Crippen molar-refractivity contribution < 1.29 is 0 Å². The molecular weight excluding hydrogens is 274 g/mol. The van der Waals surface area contributed by atoms with E-state index in [1.54, 1.807) is 32.7 Å². The number of hydrogen-bond donors (Lipinski definition) is 0. The third-order valence-corrected chi connectivity index (χ3v) is 6.12. The summed E-state index contributed by atoms with van der Waals surface area (Å²) >= 11 is 1.96. The summed E-state index contributed by atoms with van der Waals surface area (Å²) in [5, 5.41) is 2.29. The molecule has 2 aliphatic carbocycles. The zero-order chi connectivity index (χ0) is 14.2. The maximum absolute atomic E-state index is 2.46. The SMILES string of the molecule is CN1CCC(=C2CC=CC3=C2c2sccc2CCC3)CC1. The third kappa shape index (κ3) is 2.45. The fourth-order valence-electron chi connectivity index (χ4n) is 3.92. The normalized spacial score (nSPS) is 23.1. The van der Waals surface area contributed by atoms with Crippen LogP contribution in [0.1, 0.15) is 42.5 Å². The summed E-state index contributed by atoms with van der Waals surface area (Å²) in [5.74, 6) is 0. The molecule has 0 radical (unpaired) electrons. The van der Waals surface area contributed by atoms with Crippen LogP contribution in [-0.2, 0) is 6.42 Å². The standard InChI is InChI=1S/C19H23NS/c1-20-11-8-14(9-12-20)17-7-3-5-15-4-2-6-16-10-13-21-19(16)18(15)17/h3,5,10,13H,2,4,6-9,11-12H2,1H3. The maximum atomic E-state index is 2.46. The summed E-state index contributed by atoms with van der Waals surface area (Å²) in [6, 6.07) is 2.35. The van der Waals surface area contributed by atoms with Gasteiger partial charge in [0.15, 0.2) is 0 Å². The average Bonchev–Trinajstić information content (AvgIpc) is 2.89. The lowest BCUT2D eigenvalue weighted by molar-refractivity contribution is 0.311. The van der Waals surface area contributed by atoms with Gasteiger partial charge in [0.25, 0.3) is 0 Å². The molecule has 0 atom stereocenters. The van der Waals surface area contributed by atoms with Crippen LogP contribution in [-0.4, -0.2) is 25.0 Å². The van der Waals surface area contributed by atoms with E-state index < -0.39 is 0 Å². The van der Waals surface area contributed by atoms with Gasteiger partial charge in [-0.15, -0.1) is 11.3 Å². The van der Waals surface area contributed by atoms with Gasteiger partial charge >= 0.3 is 0 Å². The van der Waals surface area contributed by atoms with Crippen molar-refractivity contribution in [2.24, 2.45) is 0 Å². The van der Waals surface area contributed by atoms with Crippen molar-refractivity contribution in [1.82, 2.24) is 4.90 Å². The van der Waals surface area contributed by atoms with E-state index in [-0.39, 0.29) is 0 Å². The zero-order valence-electron chi connectivity index (χ0n) is 12.8. The van der Waals surface area contributed by atoms with Crippen LogP contribution < -0.4 is 0 Å². The molecule has 21 heavy (non-hydrogen) atoms. The van der Waals surface area contributed by atoms with E-state index >= 15 is 0 Å². The lowest BCUT2D eigenvalue weighted by Gasteiger charge is -2.28. The van der Waals surface area contributed by atoms with Crippen molar-refractivity contribution in [2.75, 3.05) is 20.1 Å². The van der Waals surface area contributed by atoms with Crippen molar-refractivity contribution in [3.63, 3.8) is 0 Å². The number of hydrogen-bond acceptors (Lipinski definition) is 2. The molecule has 1 aromatic rings. The quantitative estimate of drug-likeness (QED) is 0.663. The third-order valence-electron chi connectivity index (χ3n) is 5.15. The van der Waals surface area contributed by atoms with E-state index in [0.29, 0.717) is 0 Å². The Morgan fingerprint density at radius 1 is 1.10 bits per heavy atom. The van der Waals surface area contributed by atoms with Gasteiger partial charge < -0.3 is 4.90 Å². The molecular formula is C19H23NS. The molecule has 110 valence electrons. The summed E-state index contributed by atoms with van der Waals surface area (Å²) in [4.78, 5) is 4.04. The fraction of sp³-hybridized carbons (Fsp3) is 0.474. The minimum absolute atomic E-state index is 1.15. The highest BCUT2D eigenvalue weighted by molar-refractivity contribution is 7.11. The molecule has 3 aliphatic rings. The summed E-state index contributed by atoms with van der Waals surface area (Å²) in [5.41, 5.74) is 8.21. The van der Waals surface area contributed by atoms with Crippen molar-refractivity contribution in [2.45, 2.75) is 38.5 Å². The predicted molar refractivity (Wildman–Crippen MR) is 91.7 cm³/mol. The van der Waals surface area contributed by atoms with Crippen molar-refractivity contribution in [1.29, 1.82) is 0 Å². The van der Waals surface area contributed by atoms with Gasteiger partial charge in [0.2, 0.25) is 0 Å². The number of fused-ring (bicyclic) bond motifs is 2. The highest BCUT2D eigenvalue weighted by Crippen LogP contribution is 2.44. The number of piperidine rings is 1. The van der Waals surface area contributed by atoms with E-state index in [1.165, 1.54) is 45.2 Å². The Kier molecular flexibility index (Phi) is 3.60. The first-order valence-corrected chi connectivity index (χ1v) is 9.07. The predicted octanol–water partition coefficient (Wildman–Crippen LogP) is 4.82. The van der Waals surface area contributed by atoms with Crippen LogP contribution in [0.5, 0.6) is 0 Å². The summed E-state index contributed by atoms with van der Waals surface area (Å²) in [6.07, 6.45) is 12.3. The number of thiophene rings is 1. The van der Waals surface area contributed by atoms with Crippen molar-refractivity contribution >= 4 is 16.9 Å². The van der Waals surface area contributed by atoms with Crippen LogP contribution in [0.15, 0.2) is 40.3 Å². The Bertz CT molecular complexity index is 634. The van der Waals surface area contributed by atoms with Crippen LogP contribution in [0.3, 0.4) is 0 Å². The number of rotatable bonds is 0. The van der Waals surface area contributed by atoms with E-state index in [2.05, 4.69) is 35.5 Å². The molecule has 1 aliphatic heterocycles. The van der Waals surface area contributed by atoms with Crippen LogP contribution in [0, 0.1) is 0 Å². The highest BCUT2D eigenvalue weighted by atomic mass is 32.1. The molecule has 1 nitrogen and oxygen atoms in total. The van der Waals surface area contributed by atoms with E-state index in [9.17, 15) is 0 Å². The second kappa shape index (κ2) is 5.58. The molecule has 1 saturated heterocycles. The Hall–Kier alpha value is -1.12. The first-order chi connectivity index (χ1) is 10.3. The van der Waals surface area contributed by atoms with Gasteiger partial charge in [0, 0.05) is 18.0 Å². The van der Waals surface area contributed by atoms with Gasteiger partial charge in [-0.25, -0.2) is 0 Å². The van der Waals surface area contributed by atoms with Crippen molar-refractivity contribution in [3.8, 4) is 0 Å². The van der Waals surface area contributed by atoms with Crippen molar-refractivity contribution in [3.05, 3.63) is 50.8 Å². The molecule has 0 spiro atoms. The molecule has 0 amide bonds. The first-order valence-electron chi connectivity index (χ1n) is 8.19. The van der Waals surface area contributed by atoms with Gasteiger partial charge in [0.05, 0.1) is 0 Å². The van der Waals surface area contributed by atoms with Crippen LogP contribution >= 0.6 is 11.3 Å². The molecule has 0 unspecified atom stereocenters. The van der Waals surface area contributed by atoms with Gasteiger partial charge in [-0.1, -0.05) is 17.7 Å². The Labute approximate surface area is 131 Å². The maximum Gasteiger partial charge on any atom is 0.0380 e. The number of allylic oxidation sites excluding steroid dienone is 5. The molecule has 1 fully saturated rings. The van der Waals surface area contributed by atoms with Gasteiger partial charge in [-0.2, -0.15) is 0 Å². The average molecular weight is 297 g/mol. The molecule has 0 N–H and O–H groups in total. The Morgan fingerprint density at radius 2 is 1.95 bits per heavy atom. The molecule has 2 heteroatoms. The minimum Gasteiger partial charge on any atom is -0.306 e. The number of likely N-dealkylation sites (tertiary alicyclic amines) is 1. The van der Waals surface area contributed by atoms with E-state index in [4.69, 9.17) is 0 Å². The second-order valence-corrected chi connectivity index (χ2v) is 7.44. The van der Waals surface area contributed by atoms with Crippen LogP contribution in [0.2, 0.25) is 0 Å². The monoisotopic (exact) mass is 297 g/mol. The Balaban J connectivity index is 1.82. The van der Waals surface area contributed by atoms with Gasteiger partial charge in [-0.05, 0) is 79.3 Å². The van der Waals surface area contributed by atoms with Crippen LogP contribution in [0.4, 0.5) is 0 Å². The molecule has 0 bridgehead atoms. The first kappa shape index (κ1) is 13.5. The highest BCUT2D eigenvalue weighted by Gasteiger charge is 2.25. The lowest BCUT2D eigenvalue weighted by atomic mass is 9.84.